The molecule has 0 radical (unpaired) electrons. The van der Waals surface area contributed by atoms with E-state index in [0.717, 1.165) is 0 Å². The van der Waals surface area contributed by atoms with Crippen molar-refractivity contribution >= 4 is 33.8 Å². The summed E-state index contributed by atoms with van der Waals surface area (Å²) in [6.45, 7) is 9.45. The van der Waals surface area contributed by atoms with E-state index in [-0.39, 0.29) is 36.9 Å². The molecule has 2 fully saturated rings. The number of benzene rings is 1. The summed E-state index contributed by atoms with van der Waals surface area (Å²) in [5, 5.41) is 17.5. The summed E-state index contributed by atoms with van der Waals surface area (Å²) in [6, 6.07) is 4.75. The second-order valence-electron chi connectivity index (χ2n) is 11.7. The number of carbonyl (C=O) groups is 4. The van der Waals surface area contributed by atoms with E-state index in [1.165, 1.54) is 15.3 Å². The maximum Gasteiger partial charge on any atom is 0.330 e. The van der Waals surface area contributed by atoms with Crippen LogP contribution in [0.2, 0.25) is 0 Å². The van der Waals surface area contributed by atoms with Gasteiger partial charge in [0.2, 0.25) is 21.8 Å². The molecule has 0 bridgehead atoms. The van der Waals surface area contributed by atoms with E-state index in [1.54, 1.807) is 24.3 Å². The Kier molecular flexibility index (Phi) is 8.01. The first-order valence-corrected chi connectivity index (χ1v) is 14.7. The third-order valence-corrected chi connectivity index (χ3v) is 9.89. The lowest BCUT2D eigenvalue weighted by Crippen LogP contribution is -2.56. The summed E-state index contributed by atoms with van der Waals surface area (Å²) in [4.78, 5) is 52.0. The van der Waals surface area contributed by atoms with Gasteiger partial charge in [-0.1, -0.05) is 45.0 Å². The minimum absolute atomic E-state index is 0.0489. The quantitative estimate of drug-likeness (QED) is 0.319. The van der Waals surface area contributed by atoms with Crippen LogP contribution in [0.5, 0.6) is 0 Å². The van der Waals surface area contributed by atoms with Crippen molar-refractivity contribution in [3.63, 3.8) is 0 Å². The van der Waals surface area contributed by atoms with Gasteiger partial charge in [0.25, 0.3) is 0 Å². The van der Waals surface area contributed by atoms with Crippen molar-refractivity contribution in [3.05, 3.63) is 42.5 Å². The molecule has 2 aliphatic heterocycles. The first-order valence-electron chi connectivity index (χ1n) is 13.3. The molecule has 0 spiro atoms. The SMILES string of the molecule is C=CC1C[C@]1(NC(=O)[C@@H]1CCCN1C(=O)CNC(=O)NC(CN1Cc2ccccc2S1(=O)=O)C(C)(C)C)C(=O)O. The smallest absolute Gasteiger partial charge is 0.330 e. The minimum Gasteiger partial charge on any atom is -0.479 e. The summed E-state index contributed by atoms with van der Waals surface area (Å²) >= 11 is 0. The van der Waals surface area contributed by atoms with Crippen molar-refractivity contribution in [2.24, 2.45) is 11.3 Å². The first-order chi connectivity index (χ1) is 18.7. The Balaban J connectivity index is 1.33. The maximum absolute atomic E-state index is 13.0. The van der Waals surface area contributed by atoms with E-state index in [2.05, 4.69) is 22.5 Å². The van der Waals surface area contributed by atoms with E-state index in [4.69, 9.17) is 0 Å². The number of fused-ring (bicyclic) bond motifs is 1. The largest absolute Gasteiger partial charge is 0.479 e. The predicted octanol–water partition coefficient (Wildman–Crippen LogP) is 1.04. The first kappa shape index (κ1) is 29.5. The molecule has 1 saturated heterocycles. The lowest BCUT2D eigenvalue weighted by molar-refractivity contribution is -0.145. The van der Waals surface area contributed by atoms with Gasteiger partial charge in [-0.3, -0.25) is 9.59 Å². The van der Waals surface area contributed by atoms with Crippen LogP contribution in [0.15, 0.2) is 41.8 Å². The van der Waals surface area contributed by atoms with Gasteiger partial charge in [-0.25, -0.2) is 18.0 Å². The predicted molar refractivity (Wildman–Crippen MR) is 145 cm³/mol. The summed E-state index contributed by atoms with van der Waals surface area (Å²) in [5.41, 5.74) is -1.19. The molecule has 0 aromatic heterocycles. The number of hydrogen-bond donors (Lipinski definition) is 4. The highest BCUT2D eigenvalue weighted by Gasteiger charge is 2.61. The van der Waals surface area contributed by atoms with Crippen LogP contribution in [0.1, 0.15) is 45.6 Å². The number of urea groups is 1. The molecule has 1 aromatic rings. The van der Waals surface area contributed by atoms with Crippen LogP contribution in [-0.4, -0.2) is 83.8 Å². The van der Waals surface area contributed by atoms with E-state index in [1.807, 2.05) is 20.8 Å². The molecule has 3 aliphatic rings. The molecule has 218 valence electrons. The molecule has 4 atom stereocenters. The molecule has 1 aromatic carbocycles. The number of nitrogens with one attached hydrogen (secondary N) is 3. The zero-order chi connectivity index (χ0) is 29.5. The topological polar surface area (TPSA) is 165 Å². The Morgan fingerprint density at radius 1 is 1.23 bits per heavy atom. The van der Waals surface area contributed by atoms with Gasteiger partial charge in [0.1, 0.15) is 11.6 Å². The number of hydrogen-bond acceptors (Lipinski definition) is 6. The molecule has 40 heavy (non-hydrogen) atoms. The monoisotopic (exact) mass is 575 g/mol. The number of carboxylic acid groups (broad SMARTS) is 1. The van der Waals surface area contributed by atoms with Gasteiger partial charge in [0.05, 0.1) is 11.4 Å². The van der Waals surface area contributed by atoms with E-state index < -0.39 is 56.9 Å². The van der Waals surface area contributed by atoms with Crippen LogP contribution in [0.4, 0.5) is 4.79 Å². The molecule has 4 amide bonds. The van der Waals surface area contributed by atoms with Crippen LogP contribution >= 0.6 is 0 Å². The molecule has 12 nitrogen and oxygen atoms in total. The number of aliphatic carboxylic acids is 1. The van der Waals surface area contributed by atoms with Crippen LogP contribution in [0.3, 0.4) is 0 Å². The summed E-state index contributed by atoms with van der Waals surface area (Å²) < 4.78 is 27.4. The number of amides is 4. The fourth-order valence-corrected chi connectivity index (χ4v) is 6.97. The Hall–Kier alpha value is -3.45. The van der Waals surface area contributed by atoms with Crippen molar-refractivity contribution in [1.29, 1.82) is 0 Å². The van der Waals surface area contributed by atoms with Crippen molar-refractivity contribution in [2.45, 2.75) is 69.1 Å². The molecule has 2 heterocycles. The Labute approximate surface area is 234 Å². The highest BCUT2D eigenvalue weighted by atomic mass is 32.2. The van der Waals surface area contributed by atoms with Crippen molar-refractivity contribution in [1.82, 2.24) is 25.2 Å². The fourth-order valence-electron chi connectivity index (χ4n) is 5.33. The zero-order valence-corrected chi connectivity index (χ0v) is 23.8. The number of nitrogens with zero attached hydrogens (tertiary/aromatic N) is 2. The molecule has 4 rings (SSSR count). The number of carbonyl (C=O) groups excluding carboxylic acids is 3. The number of carboxylic acids is 1. The number of rotatable bonds is 9. The van der Waals surface area contributed by atoms with E-state index in [9.17, 15) is 32.7 Å². The lowest BCUT2D eigenvalue weighted by atomic mass is 9.86. The Morgan fingerprint density at radius 2 is 1.93 bits per heavy atom. The van der Waals surface area contributed by atoms with Gasteiger partial charge in [-0.2, -0.15) is 4.31 Å². The van der Waals surface area contributed by atoms with Gasteiger partial charge in [0.15, 0.2) is 0 Å². The average molecular weight is 576 g/mol. The van der Waals surface area contributed by atoms with Crippen molar-refractivity contribution < 1.29 is 32.7 Å². The maximum atomic E-state index is 13.0. The molecule has 1 aliphatic carbocycles. The van der Waals surface area contributed by atoms with E-state index >= 15 is 0 Å². The van der Waals surface area contributed by atoms with Crippen molar-refractivity contribution in [2.75, 3.05) is 19.6 Å². The summed E-state index contributed by atoms with van der Waals surface area (Å²) in [6.07, 6.45) is 2.70. The summed E-state index contributed by atoms with van der Waals surface area (Å²) in [7, 11) is -3.69. The highest BCUT2D eigenvalue weighted by Crippen LogP contribution is 2.44. The highest BCUT2D eigenvalue weighted by molar-refractivity contribution is 7.89. The average Bonchev–Trinajstić information content (AvgIpc) is 3.25. The third-order valence-electron chi connectivity index (χ3n) is 7.98. The van der Waals surface area contributed by atoms with E-state index in [0.29, 0.717) is 24.9 Å². The summed E-state index contributed by atoms with van der Waals surface area (Å²) in [5.74, 6) is -2.52. The second kappa shape index (κ2) is 10.8. The number of likely N-dealkylation sites (tertiary alicyclic amines) is 1. The van der Waals surface area contributed by atoms with Gasteiger partial charge in [0, 0.05) is 31.6 Å². The molecule has 2 unspecified atom stereocenters. The van der Waals surface area contributed by atoms with Crippen molar-refractivity contribution in [3.8, 4) is 0 Å². The molecule has 1 saturated carbocycles. The van der Waals surface area contributed by atoms with Gasteiger partial charge in [-0.05, 0) is 36.3 Å². The number of sulfonamides is 1. The van der Waals surface area contributed by atoms with Crippen LogP contribution in [0, 0.1) is 11.3 Å². The lowest BCUT2D eigenvalue weighted by Gasteiger charge is -2.34. The van der Waals surface area contributed by atoms with Crippen LogP contribution < -0.4 is 16.0 Å². The third kappa shape index (κ3) is 5.71. The Bertz CT molecular complexity index is 1320. The minimum atomic E-state index is -3.69. The van der Waals surface area contributed by atoms with Gasteiger partial charge in [-0.15, -0.1) is 6.58 Å². The zero-order valence-electron chi connectivity index (χ0n) is 23.0. The molecule has 13 heteroatoms. The van der Waals surface area contributed by atoms with Crippen LogP contribution in [0.25, 0.3) is 0 Å². The molecular formula is C27H37N5O7S. The van der Waals surface area contributed by atoms with Crippen LogP contribution in [-0.2, 0) is 31.0 Å². The Morgan fingerprint density at radius 3 is 2.52 bits per heavy atom. The standard InChI is InChI=1S/C27H37N5O7S/c1-5-18-13-27(18,24(35)36)30-23(34)19-10-8-12-32(19)22(33)14-28-25(37)29-21(26(2,3)4)16-31-15-17-9-6-7-11-20(17)40(31,38)39/h5-7,9,11,18-19,21H,1,8,10,12-16H2,2-4H3,(H,30,34)(H,35,36)(H2,28,29,37)/t18?,19-,21?,27+/m0/s1. The normalized spacial score (nSPS) is 25.9. The molecular weight excluding hydrogens is 538 g/mol. The fraction of sp³-hybridized carbons (Fsp3) is 0.556. The second-order valence-corrected chi connectivity index (χ2v) is 13.6. The van der Waals surface area contributed by atoms with Gasteiger partial charge < -0.3 is 26.0 Å². The van der Waals surface area contributed by atoms with Gasteiger partial charge >= 0.3 is 12.0 Å². The molecule has 4 N–H and O–H groups in total.